The standard InChI is InChI=1S/C20H34N2O2/c1-5-21(6-2)13-14-22(7-3)20(23)12-16-24-15-11-19-10-8-9-18(4)17-19/h8-10,17H,5-7,11-16H2,1-4H3. The van der Waals surface area contributed by atoms with E-state index in [0.29, 0.717) is 19.6 Å². The summed E-state index contributed by atoms with van der Waals surface area (Å²) in [7, 11) is 0. The highest BCUT2D eigenvalue weighted by Gasteiger charge is 2.12. The largest absolute Gasteiger partial charge is 0.381 e. The zero-order valence-electron chi connectivity index (χ0n) is 15.9. The van der Waals surface area contributed by atoms with Crippen molar-refractivity contribution in [3.8, 4) is 0 Å². The van der Waals surface area contributed by atoms with Crippen LogP contribution in [0, 0.1) is 6.92 Å². The number of hydrogen-bond donors (Lipinski definition) is 0. The summed E-state index contributed by atoms with van der Waals surface area (Å²) in [6.07, 6.45) is 1.37. The summed E-state index contributed by atoms with van der Waals surface area (Å²) in [6.45, 7) is 14.2. The first-order valence-corrected chi connectivity index (χ1v) is 9.24. The van der Waals surface area contributed by atoms with E-state index in [1.165, 1.54) is 11.1 Å². The molecule has 0 spiro atoms. The number of amides is 1. The Hall–Kier alpha value is -1.39. The molecule has 4 nitrogen and oxygen atoms in total. The highest BCUT2D eigenvalue weighted by molar-refractivity contribution is 5.76. The molecule has 4 heteroatoms. The van der Waals surface area contributed by atoms with Crippen LogP contribution < -0.4 is 0 Å². The Balaban J connectivity index is 2.21. The average molecular weight is 335 g/mol. The van der Waals surface area contributed by atoms with Crippen LogP contribution in [0.4, 0.5) is 0 Å². The van der Waals surface area contributed by atoms with Crippen molar-refractivity contribution in [1.82, 2.24) is 9.80 Å². The van der Waals surface area contributed by atoms with Gasteiger partial charge in [-0.25, -0.2) is 0 Å². The van der Waals surface area contributed by atoms with Gasteiger partial charge in [0.1, 0.15) is 0 Å². The zero-order chi connectivity index (χ0) is 17.8. The number of ether oxygens (including phenoxy) is 1. The molecule has 136 valence electrons. The van der Waals surface area contributed by atoms with Gasteiger partial charge in [-0.3, -0.25) is 4.79 Å². The highest BCUT2D eigenvalue weighted by atomic mass is 16.5. The van der Waals surface area contributed by atoms with Crippen molar-refractivity contribution in [2.75, 3.05) is 45.9 Å². The van der Waals surface area contributed by atoms with Crippen LogP contribution in [0.1, 0.15) is 38.3 Å². The monoisotopic (exact) mass is 334 g/mol. The van der Waals surface area contributed by atoms with Gasteiger partial charge in [0, 0.05) is 19.6 Å². The van der Waals surface area contributed by atoms with E-state index in [4.69, 9.17) is 4.74 Å². The molecule has 0 radical (unpaired) electrons. The number of hydrogen-bond acceptors (Lipinski definition) is 3. The molecule has 0 heterocycles. The normalized spacial score (nSPS) is 11.0. The van der Waals surface area contributed by atoms with Gasteiger partial charge in [-0.1, -0.05) is 43.7 Å². The summed E-state index contributed by atoms with van der Waals surface area (Å²) in [6, 6.07) is 8.47. The van der Waals surface area contributed by atoms with E-state index < -0.39 is 0 Å². The molecule has 24 heavy (non-hydrogen) atoms. The second-order valence-corrected chi connectivity index (χ2v) is 6.10. The number of rotatable bonds is 12. The van der Waals surface area contributed by atoms with Crippen LogP contribution in [0.3, 0.4) is 0 Å². The molecule has 0 bridgehead atoms. The quantitative estimate of drug-likeness (QED) is 0.551. The third kappa shape index (κ3) is 7.93. The van der Waals surface area contributed by atoms with Crippen molar-refractivity contribution >= 4 is 5.91 Å². The lowest BCUT2D eigenvalue weighted by atomic mass is 10.1. The molecule has 0 unspecified atom stereocenters. The molecular formula is C20H34N2O2. The van der Waals surface area contributed by atoms with Crippen molar-refractivity contribution in [2.24, 2.45) is 0 Å². The molecule has 1 amide bonds. The van der Waals surface area contributed by atoms with E-state index in [1.807, 2.05) is 11.8 Å². The van der Waals surface area contributed by atoms with Gasteiger partial charge >= 0.3 is 0 Å². The minimum absolute atomic E-state index is 0.195. The van der Waals surface area contributed by atoms with Gasteiger partial charge in [-0.15, -0.1) is 0 Å². The van der Waals surface area contributed by atoms with Gasteiger partial charge in [-0.05, 0) is 38.9 Å². The Morgan fingerprint density at radius 1 is 1.04 bits per heavy atom. The number of nitrogens with zero attached hydrogens (tertiary/aromatic N) is 2. The lowest BCUT2D eigenvalue weighted by Gasteiger charge is -2.25. The third-order valence-corrected chi connectivity index (χ3v) is 4.39. The minimum atomic E-state index is 0.195. The second-order valence-electron chi connectivity index (χ2n) is 6.10. The van der Waals surface area contributed by atoms with Gasteiger partial charge in [0.25, 0.3) is 0 Å². The number of benzene rings is 1. The van der Waals surface area contributed by atoms with Gasteiger partial charge in [0.2, 0.25) is 5.91 Å². The lowest BCUT2D eigenvalue weighted by molar-refractivity contribution is -0.132. The molecular weight excluding hydrogens is 300 g/mol. The van der Waals surface area contributed by atoms with Crippen molar-refractivity contribution in [3.05, 3.63) is 35.4 Å². The minimum Gasteiger partial charge on any atom is -0.381 e. The summed E-state index contributed by atoms with van der Waals surface area (Å²) in [5.74, 6) is 0.195. The molecule has 0 saturated heterocycles. The molecule has 0 aliphatic rings. The maximum absolute atomic E-state index is 12.3. The van der Waals surface area contributed by atoms with Crippen molar-refractivity contribution < 1.29 is 9.53 Å². The Morgan fingerprint density at radius 3 is 2.42 bits per heavy atom. The van der Waals surface area contributed by atoms with Crippen LogP contribution in [0.15, 0.2) is 24.3 Å². The first-order chi connectivity index (χ1) is 11.6. The fourth-order valence-electron chi connectivity index (χ4n) is 2.74. The number of carbonyl (C=O) groups excluding carboxylic acids is 1. The fraction of sp³-hybridized carbons (Fsp3) is 0.650. The summed E-state index contributed by atoms with van der Waals surface area (Å²) in [5.41, 5.74) is 2.56. The maximum atomic E-state index is 12.3. The Labute approximate surface area is 147 Å². The van der Waals surface area contributed by atoms with Gasteiger partial charge in [0.05, 0.1) is 19.6 Å². The molecule has 0 N–H and O–H groups in total. The molecule has 0 aliphatic heterocycles. The number of aryl methyl sites for hydroxylation is 1. The van der Waals surface area contributed by atoms with E-state index >= 15 is 0 Å². The zero-order valence-corrected chi connectivity index (χ0v) is 15.9. The third-order valence-electron chi connectivity index (χ3n) is 4.39. The van der Waals surface area contributed by atoms with Crippen LogP contribution in [-0.4, -0.2) is 61.6 Å². The molecule has 0 saturated carbocycles. The fourth-order valence-corrected chi connectivity index (χ4v) is 2.74. The van der Waals surface area contributed by atoms with E-state index in [9.17, 15) is 4.79 Å². The Bertz CT molecular complexity index is 472. The topological polar surface area (TPSA) is 32.8 Å². The molecule has 0 aromatic heterocycles. The molecule has 0 aliphatic carbocycles. The van der Waals surface area contributed by atoms with E-state index in [2.05, 4.69) is 49.9 Å². The average Bonchev–Trinajstić information content (AvgIpc) is 2.58. The summed E-state index contributed by atoms with van der Waals surface area (Å²) < 4.78 is 5.65. The van der Waals surface area contributed by atoms with E-state index in [0.717, 1.165) is 39.1 Å². The Kier molecular flexibility index (Phi) is 10.4. The van der Waals surface area contributed by atoms with Crippen LogP contribution in [0.2, 0.25) is 0 Å². The van der Waals surface area contributed by atoms with Crippen LogP contribution in [-0.2, 0) is 16.0 Å². The summed E-state index contributed by atoms with van der Waals surface area (Å²) in [5, 5.41) is 0. The van der Waals surface area contributed by atoms with Gasteiger partial charge < -0.3 is 14.5 Å². The predicted molar refractivity (Wildman–Crippen MR) is 100 cm³/mol. The SMILES string of the molecule is CCN(CC)CCN(CC)C(=O)CCOCCc1cccc(C)c1. The van der Waals surface area contributed by atoms with Crippen LogP contribution >= 0.6 is 0 Å². The molecule has 0 atom stereocenters. The molecule has 1 rings (SSSR count). The number of carbonyl (C=O) groups is 1. The molecule has 0 fully saturated rings. The Morgan fingerprint density at radius 2 is 1.79 bits per heavy atom. The van der Waals surface area contributed by atoms with Gasteiger partial charge in [-0.2, -0.15) is 0 Å². The second kappa shape index (κ2) is 12.0. The van der Waals surface area contributed by atoms with E-state index in [-0.39, 0.29) is 5.91 Å². The number of likely N-dealkylation sites (N-methyl/N-ethyl adjacent to an activating group) is 2. The van der Waals surface area contributed by atoms with Gasteiger partial charge in [0.15, 0.2) is 0 Å². The van der Waals surface area contributed by atoms with Crippen molar-refractivity contribution in [2.45, 2.75) is 40.5 Å². The smallest absolute Gasteiger partial charge is 0.224 e. The molecule has 1 aromatic rings. The summed E-state index contributed by atoms with van der Waals surface area (Å²) in [4.78, 5) is 16.5. The van der Waals surface area contributed by atoms with Crippen LogP contribution in [0.5, 0.6) is 0 Å². The summed E-state index contributed by atoms with van der Waals surface area (Å²) >= 11 is 0. The highest BCUT2D eigenvalue weighted by Crippen LogP contribution is 2.05. The van der Waals surface area contributed by atoms with Crippen LogP contribution in [0.25, 0.3) is 0 Å². The predicted octanol–water partition coefficient (Wildman–Crippen LogP) is 3.13. The van der Waals surface area contributed by atoms with E-state index in [1.54, 1.807) is 0 Å². The lowest BCUT2D eigenvalue weighted by Crippen LogP contribution is -2.38. The maximum Gasteiger partial charge on any atom is 0.224 e. The first-order valence-electron chi connectivity index (χ1n) is 9.24. The molecule has 1 aromatic carbocycles. The van der Waals surface area contributed by atoms with Crippen molar-refractivity contribution in [1.29, 1.82) is 0 Å². The van der Waals surface area contributed by atoms with Crippen molar-refractivity contribution in [3.63, 3.8) is 0 Å². The first kappa shape index (κ1) is 20.7.